The monoisotopic (exact) mass is 453 g/mol. The summed E-state index contributed by atoms with van der Waals surface area (Å²) >= 11 is 0. The first kappa shape index (κ1) is 24.3. The van der Waals surface area contributed by atoms with E-state index >= 15 is 0 Å². The van der Waals surface area contributed by atoms with Crippen molar-refractivity contribution in [2.45, 2.75) is 51.6 Å². The van der Waals surface area contributed by atoms with E-state index in [9.17, 15) is 24.6 Å². The number of para-hydroxylation sites is 1. The Morgan fingerprint density at radius 2 is 1.67 bits per heavy atom. The first-order valence-corrected chi connectivity index (χ1v) is 11.1. The van der Waals surface area contributed by atoms with Crippen LogP contribution in [-0.4, -0.2) is 58.1 Å². The number of amides is 2. The summed E-state index contributed by atoms with van der Waals surface area (Å²) in [6.45, 7) is 4.45. The van der Waals surface area contributed by atoms with Gasteiger partial charge in [0, 0.05) is 31.1 Å². The van der Waals surface area contributed by atoms with Crippen molar-refractivity contribution in [3.63, 3.8) is 0 Å². The number of aromatic hydroxyl groups is 1. The lowest BCUT2D eigenvalue weighted by molar-refractivity contribution is -0.141. The quantitative estimate of drug-likeness (QED) is 0.415. The summed E-state index contributed by atoms with van der Waals surface area (Å²) in [5.74, 6) is -1.53. The number of aliphatic carboxylic acids is 1. The number of aryl methyl sites for hydroxylation is 2. The number of carbonyl (C=O) groups is 3. The smallest absolute Gasteiger partial charge is 0.326 e. The molecule has 0 heterocycles. The van der Waals surface area contributed by atoms with Crippen LogP contribution in [0.3, 0.4) is 0 Å². The second-order valence-corrected chi connectivity index (χ2v) is 8.60. The number of rotatable bonds is 11. The van der Waals surface area contributed by atoms with Crippen molar-refractivity contribution in [2.75, 3.05) is 18.4 Å². The van der Waals surface area contributed by atoms with Crippen molar-refractivity contribution in [3.8, 4) is 5.75 Å². The van der Waals surface area contributed by atoms with E-state index in [1.54, 1.807) is 12.1 Å². The summed E-state index contributed by atoms with van der Waals surface area (Å²) in [4.78, 5) is 38.7. The Labute approximate surface area is 193 Å². The van der Waals surface area contributed by atoms with Gasteiger partial charge in [-0.2, -0.15) is 0 Å². The summed E-state index contributed by atoms with van der Waals surface area (Å²) < 4.78 is 0. The summed E-state index contributed by atoms with van der Waals surface area (Å²) in [6.07, 6.45) is 2.19. The number of phenolic OH excluding ortho intramolecular Hbond substituents is 1. The molecule has 0 saturated heterocycles. The summed E-state index contributed by atoms with van der Waals surface area (Å²) in [7, 11) is 0. The number of carboxylic acid groups (broad SMARTS) is 1. The summed E-state index contributed by atoms with van der Waals surface area (Å²) in [6, 6.07) is 11.3. The molecule has 1 aliphatic carbocycles. The van der Waals surface area contributed by atoms with Gasteiger partial charge in [-0.15, -0.1) is 0 Å². The number of hydrogen-bond acceptors (Lipinski definition) is 5. The molecule has 33 heavy (non-hydrogen) atoms. The van der Waals surface area contributed by atoms with Gasteiger partial charge in [-0.1, -0.05) is 30.3 Å². The topological polar surface area (TPSA) is 119 Å². The average Bonchev–Trinajstić information content (AvgIpc) is 3.60. The standard InChI is InChI=1S/C25H31N3O5/c1-16-4-3-5-17(2)24(16)27-23(31)15-28(19-8-9-19)13-12-22(30)26-21(25(32)33)14-18-6-10-20(29)11-7-18/h3-7,10-11,19,21,29H,8-9,12-15H2,1-2H3,(H,26,30)(H,27,31)(H,32,33). The van der Waals surface area contributed by atoms with Crippen LogP contribution >= 0.6 is 0 Å². The molecule has 1 fully saturated rings. The number of anilines is 1. The first-order valence-electron chi connectivity index (χ1n) is 11.1. The Hall–Kier alpha value is -3.39. The lowest BCUT2D eigenvalue weighted by Gasteiger charge is -2.22. The highest BCUT2D eigenvalue weighted by Gasteiger charge is 2.31. The molecule has 8 nitrogen and oxygen atoms in total. The van der Waals surface area contributed by atoms with Crippen molar-refractivity contribution in [3.05, 3.63) is 59.2 Å². The Morgan fingerprint density at radius 3 is 2.24 bits per heavy atom. The van der Waals surface area contributed by atoms with Crippen molar-refractivity contribution in [1.29, 1.82) is 0 Å². The Bertz CT molecular complexity index is 981. The molecule has 3 rings (SSSR count). The van der Waals surface area contributed by atoms with Crippen LogP contribution in [-0.2, 0) is 20.8 Å². The minimum absolute atomic E-state index is 0.0939. The van der Waals surface area contributed by atoms with E-state index in [4.69, 9.17) is 0 Å². The van der Waals surface area contributed by atoms with Crippen LogP contribution in [0.25, 0.3) is 0 Å². The summed E-state index contributed by atoms with van der Waals surface area (Å²) in [5.41, 5.74) is 3.50. The number of carboxylic acids is 1. The molecule has 2 aromatic carbocycles. The fourth-order valence-corrected chi connectivity index (χ4v) is 3.78. The van der Waals surface area contributed by atoms with Gasteiger partial charge in [0.05, 0.1) is 6.54 Å². The zero-order valence-electron chi connectivity index (χ0n) is 19.0. The zero-order valence-corrected chi connectivity index (χ0v) is 19.0. The molecule has 1 atom stereocenters. The van der Waals surface area contributed by atoms with Gasteiger partial charge in [0.15, 0.2) is 0 Å². The highest BCUT2D eigenvalue weighted by molar-refractivity contribution is 5.93. The number of nitrogens with zero attached hydrogens (tertiary/aromatic N) is 1. The highest BCUT2D eigenvalue weighted by atomic mass is 16.4. The number of hydrogen-bond donors (Lipinski definition) is 4. The molecule has 0 aliphatic heterocycles. The zero-order chi connectivity index (χ0) is 24.0. The Morgan fingerprint density at radius 1 is 1.03 bits per heavy atom. The maximum Gasteiger partial charge on any atom is 0.326 e. The Balaban J connectivity index is 1.52. The maximum absolute atomic E-state index is 12.6. The molecule has 0 spiro atoms. The second-order valence-electron chi connectivity index (χ2n) is 8.60. The van der Waals surface area contributed by atoms with Gasteiger partial charge in [0.2, 0.25) is 11.8 Å². The van der Waals surface area contributed by atoms with Gasteiger partial charge in [-0.05, 0) is 55.5 Å². The van der Waals surface area contributed by atoms with Crippen LogP contribution in [0.4, 0.5) is 5.69 Å². The molecule has 4 N–H and O–H groups in total. The van der Waals surface area contributed by atoms with E-state index in [1.807, 2.05) is 36.9 Å². The molecule has 1 unspecified atom stereocenters. The number of nitrogens with one attached hydrogen (secondary N) is 2. The van der Waals surface area contributed by atoms with Gasteiger partial charge in [0.25, 0.3) is 0 Å². The predicted octanol–water partition coefficient (Wildman–Crippen LogP) is 2.61. The van der Waals surface area contributed by atoms with Gasteiger partial charge >= 0.3 is 5.97 Å². The largest absolute Gasteiger partial charge is 0.508 e. The van der Waals surface area contributed by atoms with Crippen LogP contribution in [0.15, 0.2) is 42.5 Å². The van der Waals surface area contributed by atoms with Gasteiger partial charge in [-0.3, -0.25) is 14.5 Å². The van der Waals surface area contributed by atoms with E-state index in [0.717, 1.165) is 29.7 Å². The van der Waals surface area contributed by atoms with Crippen LogP contribution in [0.1, 0.15) is 36.0 Å². The summed E-state index contributed by atoms with van der Waals surface area (Å²) in [5, 5.41) is 24.4. The molecule has 176 valence electrons. The van der Waals surface area contributed by atoms with E-state index < -0.39 is 12.0 Å². The van der Waals surface area contributed by atoms with E-state index in [-0.39, 0.29) is 43.0 Å². The van der Waals surface area contributed by atoms with E-state index in [2.05, 4.69) is 10.6 Å². The number of benzene rings is 2. The fraction of sp³-hybridized carbons (Fsp3) is 0.400. The van der Waals surface area contributed by atoms with Crippen molar-refractivity contribution in [1.82, 2.24) is 10.2 Å². The van der Waals surface area contributed by atoms with Crippen LogP contribution in [0, 0.1) is 13.8 Å². The Kier molecular flexibility index (Phi) is 8.06. The molecular weight excluding hydrogens is 422 g/mol. The van der Waals surface area contributed by atoms with Crippen LogP contribution in [0.5, 0.6) is 5.75 Å². The second kappa shape index (κ2) is 11.0. The van der Waals surface area contributed by atoms with Gasteiger partial charge in [0.1, 0.15) is 11.8 Å². The van der Waals surface area contributed by atoms with Crippen molar-refractivity contribution >= 4 is 23.5 Å². The molecule has 0 bridgehead atoms. The third-order valence-electron chi connectivity index (χ3n) is 5.79. The molecule has 1 aliphatic rings. The molecule has 8 heteroatoms. The minimum Gasteiger partial charge on any atom is -0.508 e. The fourth-order valence-electron chi connectivity index (χ4n) is 3.78. The van der Waals surface area contributed by atoms with Gasteiger partial charge < -0.3 is 20.8 Å². The lowest BCUT2D eigenvalue weighted by Crippen LogP contribution is -2.44. The number of carbonyl (C=O) groups excluding carboxylic acids is 2. The molecular formula is C25H31N3O5. The molecule has 1 saturated carbocycles. The van der Waals surface area contributed by atoms with Crippen molar-refractivity contribution in [2.24, 2.45) is 0 Å². The third-order valence-corrected chi connectivity index (χ3v) is 5.79. The molecule has 0 aromatic heterocycles. The average molecular weight is 454 g/mol. The van der Waals surface area contributed by atoms with Crippen molar-refractivity contribution < 1.29 is 24.6 Å². The predicted molar refractivity (Wildman–Crippen MR) is 125 cm³/mol. The van der Waals surface area contributed by atoms with E-state index in [1.165, 1.54) is 12.1 Å². The van der Waals surface area contributed by atoms with Crippen LogP contribution < -0.4 is 10.6 Å². The first-order chi connectivity index (χ1) is 15.7. The minimum atomic E-state index is -1.12. The van der Waals surface area contributed by atoms with E-state index in [0.29, 0.717) is 12.1 Å². The normalized spacial score (nSPS) is 14.0. The SMILES string of the molecule is Cc1cccc(C)c1NC(=O)CN(CCC(=O)NC(Cc1ccc(O)cc1)C(=O)O)C1CC1. The van der Waals surface area contributed by atoms with Crippen LogP contribution in [0.2, 0.25) is 0 Å². The third kappa shape index (κ3) is 7.32. The molecule has 2 aromatic rings. The lowest BCUT2D eigenvalue weighted by atomic mass is 10.1. The number of phenols is 1. The van der Waals surface area contributed by atoms with Gasteiger partial charge in [-0.25, -0.2) is 4.79 Å². The molecule has 2 amide bonds. The highest BCUT2D eigenvalue weighted by Crippen LogP contribution is 2.27. The maximum atomic E-state index is 12.6. The molecule has 0 radical (unpaired) electrons.